The van der Waals surface area contributed by atoms with Crippen molar-refractivity contribution in [3.8, 4) is 0 Å². The lowest BCUT2D eigenvalue weighted by Gasteiger charge is -2.18. The van der Waals surface area contributed by atoms with Crippen LogP contribution < -0.4 is 0 Å². The summed E-state index contributed by atoms with van der Waals surface area (Å²) in [5, 5.41) is 5.03. The molecule has 0 saturated carbocycles. The molecule has 1 atom stereocenters. The van der Waals surface area contributed by atoms with E-state index in [9.17, 15) is 0 Å². The fourth-order valence-corrected chi connectivity index (χ4v) is 3.11. The molecule has 106 valence electrons. The summed E-state index contributed by atoms with van der Waals surface area (Å²) in [7, 11) is 0. The molecule has 0 spiro atoms. The predicted molar refractivity (Wildman–Crippen MR) is 85.3 cm³/mol. The summed E-state index contributed by atoms with van der Waals surface area (Å²) >= 11 is 0. The highest BCUT2D eigenvalue weighted by atomic mass is 16.7. The Balaban J connectivity index is 1.91. The highest BCUT2D eigenvalue weighted by molar-refractivity contribution is 5.99. The van der Waals surface area contributed by atoms with Crippen molar-refractivity contribution in [1.29, 1.82) is 0 Å². The number of rotatable bonds is 1. The van der Waals surface area contributed by atoms with Crippen molar-refractivity contribution in [3.05, 3.63) is 60.2 Å². The van der Waals surface area contributed by atoms with Crippen LogP contribution >= 0.6 is 0 Å². The van der Waals surface area contributed by atoms with Crippen molar-refractivity contribution in [2.24, 2.45) is 0 Å². The summed E-state index contributed by atoms with van der Waals surface area (Å²) in [4.78, 5) is 0. The zero-order valence-electron chi connectivity index (χ0n) is 12.3. The second-order valence-electron chi connectivity index (χ2n) is 6.09. The highest BCUT2D eigenvalue weighted by Crippen LogP contribution is 2.37. The van der Waals surface area contributed by atoms with Crippen molar-refractivity contribution >= 4 is 21.5 Å². The van der Waals surface area contributed by atoms with E-state index in [-0.39, 0.29) is 6.10 Å². The number of ether oxygens (including phenoxy) is 2. The zero-order valence-corrected chi connectivity index (χ0v) is 12.3. The van der Waals surface area contributed by atoms with Gasteiger partial charge in [0, 0.05) is 0 Å². The Morgan fingerprint density at radius 1 is 0.905 bits per heavy atom. The molecule has 0 aromatic heterocycles. The van der Waals surface area contributed by atoms with Crippen molar-refractivity contribution in [1.82, 2.24) is 0 Å². The minimum atomic E-state index is -0.496. The Morgan fingerprint density at radius 2 is 1.62 bits per heavy atom. The highest BCUT2D eigenvalue weighted by Gasteiger charge is 2.34. The summed E-state index contributed by atoms with van der Waals surface area (Å²) in [6.07, 6.45) is 0.00450. The van der Waals surface area contributed by atoms with Gasteiger partial charge in [0.05, 0.1) is 6.61 Å². The molecular weight excluding hydrogens is 260 g/mol. The van der Waals surface area contributed by atoms with E-state index in [4.69, 9.17) is 9.47 Å². The van der Waals surface area contributed by atoms with Crippen LogP contribution in [0.2, 0.25) is 0 Å². The van der Waals surface area contributed by atoms with Crippen molar-refractivity contribution in [3.63, 3.8) is 0 Å². The van der Waals surface area contributed by atoms with E-state index >= 15 is 0 Å². The fourth-order valence-electron chi connectivity index (χ4n) is 3.11. The standard InChI is InChI=1S/C19H18O2/c1-19(2)20-12-18(21-19)16-9-5-8-15-10-13-6-3-4-7-14(13)11-17(15)16/h3-11,18H,12H2,1-2H3. The van der Waals surface area contributed by atoms with Crippen LogP contribution in [0.3, 0.4) is 0 Å². The van der Waals surface area contributed by atoms with E-state index in [0.29, 0.717) is 6.61 Å². The van der Waals surface area contributed by atoms with Crippen LogP contribution in [0.5, 0.6) is 0 Å². The van der Waals surface area contributed by atoms with Crippen LogP contribution in [-0.4, -0.2) is 12.4 Å². The average molecular weight is 278 g/mol. The minimum Gasteiger partial charge on any atom is -0.347 e. The molecule has 21 heavy (non-hydrogen) atoms. The third-order valence-corrected chi connectivity index (χ3v) is 4.14. The van der Waals surface area contributed by atoms with Gasteiger partial charge >= 0.3 is 0 Å². The molecule has 1 saturated heterocycles. The van der Waals surface area contributed by atoms with Gasteiger partial charge in [-0.25, -0.2) is 0 Å². The first-order valence-electron chi connectivity index (χ1n) is 7.36. The molecule has 1 unspecified atom stereocenters. The van der Waals surface area contributed by atoms with Gasteiger partial charge < -0.3 is 9.47 Å². The Kier molecular flexibility index (Phi) is 2.78. The Morgan fingerprint density at radius 3 is 2.33 bits per heavy atom. The van der Waals surface area contributed by atoms with Gasteiger partial charge in [-0.1, -0.05) is 42.5 Å². The summed E-state index contributed by atoms with van der Waals surface area (Å²) in [6, 6.07) is 19.4. The third-order valence-electron chi connectivity index (χ3n) is 4.14. The lowest BCUT2D eigenvalue weighted by Crippen LogP contribution is -2.19. The Labute approximate surface area is 124 Å². The van der Waals surface area contributed by atoms with E-state index < -0.39 is 5.79 Å². The molecule has 0 aliphatic carbocycles. The maximum Gasteiger partial charge on any atom is 0.163 e. The summed E-state index contributed by atoms with van der Waals surface area (Å²) in [6.45, 7) is 4.54. The Hall–Kier alpha value is -1.90. The molecule has 0 N–H and O–H groups in total. The van der Waals surface area contributed by atoms with Gasteiger partial charge in [-0.2, -0.15) is 0 Å². The third kappa shape index (κ3) is 2.21. The fraction of sp³-hybridized carbons (Fsp3) is 0.263. The van der Waals surface area contributed by atoms with Crippen molar-refractivity contribution in [2.45, 2.75) is 25.7 Å². The maximum absolute atomic E-state index is 6.03. The molecule has 1 aliphatic heterocycles. The van der Waals surface area contributed by atoms with Crippen LogP contribution in [0.25, 0.3) is 21.5 Å². The lowest BCUT2D eigenvalue weighted by molar-refractivity contribution is -0.138. The SMILES string of the molecule is CC1(C)OCC(c2cccc3cc4ccccc4cc23)O1. The van der Waals surface area contributed by atoms with Crippen molar-refractivity contribution in [2.75, 3.05) is 6.61 Å². The van der Waals surface area contributed by atoms with Gasteiger partial charge in [-0.15, -0.1) is 0 Å². The van der Waals surface area contributed by atoms with Crippen LogP contribution in [0.15, 0.2) is 54.6 Å². The summed E-state index contributed by atoms with van der Waals surface area (Å²) < 4.78 is 11.8. The van der Waals surface area contributed by atoms with E-state index in [2.05, 4.69) is 54.6 Å². The molecule has 1 fully saturated rings. The van der Waals surface area contributed by atoms with Crippen molar-refractivity contribution < 1.29 is 9.47 Å². The van der Waals surface area contributed by atoms with Crippen LogP contribution in [0, 0.1) is 0 Å². The number of benzene rings is 3. The second kappa shape index (κ2) is 4.55. The van der Waals surface area contributed by atoms with Crippen LogP contribution in [-0.2, 0) is 9.47 Å². The second-order valence-corrected chi connectivity index (χ2v) is 6.09. The molecular formula is C19H18O2. The van der Waals surface area contributed by atoms with Gasteiger partial charge in [0.15, 0.2) is 5.79 Å². The first-order chi connectivity index (χ1) is 10.1. The molecule has 3 aromatic carbocycles. The molecule has 4 rings (SSSR count). The summed E-state index contributed by atoms with van der Waals surface area (Å²) in [5.41, 5.74) is 1.21. The quantitative estimate of drug-likeness (QED) is 0.594. The maximum atomic E-state index is 6.03. The molecule has 0 bridgehead atoms. The van der Waals surface area contributed by atoms with E-state index in [1.807, 2.05) is 13.8 Å². The average Bonchev–Trinajstić information content (AvgIpc) is 2.84. The van der Waals surface area contributed by atoms with E-state index in [1.165, 1.54) is 27.1 Å². The topological polar surface area (TPSA) is 18.5 Å². The normalized spacial score (nSPS) is 21.1. The molecule has 3 aromatic rings. The first-order valence-corrected chi connectivity index (χ1v) is 7.36. The molecule has 0 amide bonds. The summed E-state index contributed by atoms with van der Waals surface area (Å²) in [5.74, 6) is -0.496. The molecule has 1 aliphatic rings. The number of fused-ring (bicyclic) bond motifs is 2. The predicted octanol–water partition coefficient (Wildman–Crippen LogP) is 4.82. The minimum absolute atomic E-state index is 0.00450. The van der Waals surface area contributed by atoms with Gasteiger partial charge in [0.25, 0.3) is 0 Å². The zero-order chi connectivity index (χ0) is 14.4. The van der Waals surface area contributed by atoms with Gasteiger partial charge in [-0.05, 0) is 53.1 Å². The Bertz CT molecular complexity index is 820. The number of hydrogen-bond acceptors (Lipinski definition) is 2. The molecule has 2 heteroatoms. The smallest absolute Gasteiger partial charge is 0.163 e. The largest absolute Gasteiger partial charge is 0.347 e. The monoisotopic (exact) mass is 278 g/mol. The molecule has 1 heterocycles. The lowest BCUT2D eigenvalue weighted by atomic mass is 9.97. The van der Waals surface area contributed by atoms with E-state index in [1.54, 1.807) is 0 Å². The molecule has 0 radical (unpaired) electrons. The van der Waals surface area contributed by atoms with E-state index in [0.717, 1.165) is 0 Å². The van der Waals surface area contributed by atoms with Gasteiger partial charge in [0.2, 0.25) is 0 Å². The first kappa shape index (κ1) is 12.8. The number of hydrogen-bond donors (Lipinski definition) is 0. The van der Waals surface area contributed by atoms with Gasteiger partial charge in [-0.3, -0.25) is 0 Å². The molecule has 2 nitrogen and oxygen atoms in total. The van der Waals surface area contributed by atoms with Gasteiger partial charge in [0.1, 0.15) is 6.10 Å². The van der Waals surface area contributed by atoms with Crippen LogP contribution in [0.4, 0.5) is 0 Å². The van der Waals surface area contributed by atoms with Crippen LogP contribution in [0.1, 0.15) is 25.5 Å².